The molecule has 0 fully saturated rings. The van der Waals surface area contributed by atoms with Crippen LogP contribution in [0.25, 0.3) is 11.0 Å². The average Bonchev–Trinajstić information content (AvgIpc) is 3.06. The highest BCUT2D eigenvalue weighted by molar-refractivity contribution is 7.99. The Hall–Kier alpha value is -1.94. The molecule has 0 bridgehead atoms. The lowest BCUT2D eigenvalue weighted by molar-refractivity contribution is 0.408. The molecule has 100 valence electrons. The Balaban J connectivity index is 1.92. The molecule has 1 aromatic heterocycles. The molecule has 1 unspecified atom stereocenters. The maximum Gasteiger partial charge on any atom is 0.125 e. The number of rotatable bonds is 2. The summed E-state index contributed by atoms with van der Waals surface area (Å²) in [5, 5.41) is 0.244. The van der Waals surface area contributed by atoms with Crippen molar-refractivity contribution in [2.45, 2.75) is 11.1 Å². The number of hydrogen-bond donors (Lipinski definition) is 0. The van der Waals surface area contributed by atoms with Crippen molar-refractivity contribution < 1.29 is 4.74 Å². The summed E-state index contributed by atoms with van der Waals surface area (Å²) >= 11 is 1.90. The number of hydrogen-bond acceptors (Lipinski definition) is 3. The molecule has 20 heavy (non-hydrogen) atoms. The van der Waals surface area contributed by atoms with Crippen molar-refractivity contribution in [2.75, 3.05) is 7.11 Å². The van der Waals surface area contributed by atoms with Crippen LogP contribution in [0.15, 0.2) is 48.5 Å². The van der Waals surface area contributed by atoms with Gasteiger partial charge in [0.1, 0.15) is 16.9 Å². The lowest BCUT2D eigenvalue weighted by Crippen LogP contribution is -2.05. The van der Waals surface area contributed by atoms with Gasteiger partial charge in [0.25, 0.3) is 0 Å². The highest BCUT2D eigenvalue weighted by atomic mass is 32.2. The molecule has 0 saturated carbocycles. The summed E-state index contributed by atoms with van der Waals surface area (Å²) in [4.78, 5) is 4.73. The summed E-state index contributed by atoms with van der Waals surface area (Å²) in [5.41, 5.74) is 3.48. The molecular formula is C16H14N2OS. The number of nitrogens with zero attached hydrogens (tertiary/aromatic N) is 2. The molecule has 2 heterocycles. The second-order valence-electron chi connectivity index (χ2n) is 4.79. The molecule has 1 atom stereocenters. The van der Waals surface area contributed by atoms with Crippen molar-refractivity contribution in [1.82, 2.24) is 9.55 Å². The van der Waals surface area contributed by atoms with Crippen LogP contribution < -0.4 is 4.74 Å². The maximum absolute atomic E-state index is 5.51. The van der Waals surface area contributed by atoms with Crippen LogP contribution >= 0.6 is 11.8 Å². The van der Waals surface area contributed by atoms with Crippen LogP contribution in [0.3, 0.4) is 0 Å². The molecule has 4 heteroatoms. The molecule has 0 spiro atoms. The molecule has 2 aromatic carbocycles. The van der Waals surface area contributed by atoms with Crippen LogP contribution in [0.5, 0.6) is 5.75 Å². The Morgan fingerprint density at radius 3 is 2.85 bits per heavy atom. The lowest BCUT2D eigenvalue weighted by Gasteiger charge is -2.17. The third-order valence-corrected chi connectivity index (χ3v) is 4.88. The lowest BCUT2D eigenvalue weighted by atomic mass is 10.2. The average molecular weight is 282 g/mol. The predicted octanol–water partition coefficient (Wildman–Crippen LogP) is 3.84. The van der Waals surface area contributed by atoms with E-state index in [1.165, 1.54) is 11.1 Å². The van der Waals surface area contributed by atoms with E-state index in [1.807, 2.05) is 30.0 Å². The smallest absolute Gasteiger partial charge is 0.125 e. The Morgan fingerprint density at radius 2 is 1.95 bits per heavy atom. The minimum absolute atomic E-state index is 0.244. The highest BCUT2D eigenvalue weighted by Gasteiger charge is 2.29. The second-order valence-corrected chi connectivity index (χ2v) is 5.86. The van der Waals surface area contributed by atoms with Gasteiger partial charge in [-0.15, -0.1) is 11.8 Å². The zero-order chi connectivity index (χ0) is 13.5. The van der Waals surface area contributed by atoms with Crippen molar-refractivity contribution in [1.29, 1.82) is 0 Å². The minimum Gasteiger partial charge on any atom is -0.496 e. The third kappa shape index (κ3) is 1.64. The molecule has 1 aliphatic rings. The van der Waals surface area contributed by atoms with E-state index < -0.39 is 0 Å². The maximum atomic E-state index is 5.51. The summed E-state index contributed by atoms with van der Waals surface area (Å²) in [6.07, 6.45) is 0. The number of imidazole rings is 1. The molecule has 0 saturated heterocycles. The van der Waals surface area contributed by atoms with Crippen LogP contribution in [0.2, 0.25) is 0 Å². The fourth-order valence-corrected chi connectivity index (χ4v) is 4.05. The Kier molecular flexibility index (Phi) is 2.70. The Bertz CT molecular complexity index is 781. The fraction of sp³-hybridized carbons (Fsp3) is 0.188. The van der Waals surface area contributed by atoms with Crippen LogP contribution in [0.4, 0.5) is 0 Å². The zero-order valence-electron chi connectivity index (χ0n) is 11.1. The van der Waals surface area contributed by atoms with Gasteiger partial charge in [0.05, 0.1) is 23.9 Å². The van der Waals surface area contributed by atoms with Crippen LogP contribution in [0.1, 0.15) is 16.8 Å². The van der Waals surface area contributed by atoms with E-state index in [-0.39, 0.29) is 5.37 Å². The number of para-hydroxylation sites is 3. The first-order chi connectivity index (χ1) is 9.88. The van der Waals surface area contributed by atoms with Gasteiger partial charge in [-0.25, -0.2) is 4.98 Å². The first-order valence-electron chi connectivity index (χ1n) is 6.59. The van der Waals surface area contributed by atoms with E-state index in [0.29, 0.717) is 0 Å². The molecule has 0 aliphatic carbocycles. The predicted molar refractivity (Wildman–Crippen MR) is 82.2 cm³/mol. The number of ether oxygens (including phenoxy) is 1. The fourth-order valence-electron chi connectivity index (χ4n) is 2.79. The molecule has 0 amide bonds. The van der Waals surface area contributed by atoms with E-state index in [4.69, 9.17) is 9.72 Å². The van der Waals surface area contributed by atoms with Crippen molar-refractivity contribution >= 4 is 22.8 Å². The number of fused-ring (bicyclic) bond motifs is 3. The summed E-state index contributed by atoms with van der Waals surface area (Å²) < 4.78 is 7.85. The van der Waals surface area contributed by atoms with E-state index in [1.54, 1.807) is 7.11 Å². The first kappa shape index (κ1) is 11.9. The quantitative estimate of drug-likeness (QED) is 0.714. The minimum atomic E-state index is 0.244. The van der Waals surface area contributed by atoms with Gasteiger partial charge >= 0.3 is 0 Å². The summed E-state index contributed by atoms with van der Waals surface area (Å²) in [7, 11) is 1.73. The highest BCUT2D eigenvalue weighted by Crippen LogP contribution is 2.45. The number of methoxy groups -OCH3 is 1. The molecule has 0 radical (unpaired) electrons. The molecule has 3 nitrogen and oxygen atoms in total. The van der Waals surface area contributed by atoms with Gasteiger partial charge in [0.2, 0.25) is 0 Å². The number of thioether (sulfide) groups is 1. The third-order valence-electron chi connectivity index (χ3n) is 3.68. The zero-order valence-corrected chi connectivity index (χ0v) is 11.9. The van der Waals surface area contributed by atoms with Crippen LogP contribution in [0, 0.1) is 0 Å². The van der Waals surface area contributed by atoms with Gasteiger partial charge in [-0.3, -0.25) is 0 Å². The van der Waals surface area contributed by atoms with E-state index in [9.17, 15) is 0 Å². The standard InChI is InChI=1S/C16H14N2OS/c1-19-14-9-5-2-6-11(14)16-18-13-8-4-3-7-12(13)17-15(18)10-20-16/h2-9,16H,10H2,1H3. The number of aromatic nitrogens is 2. The van der Waals surface area contributed by atoms with E-state index >= 15 is 0 Å². The van der Waals surface area contributed by atoms with Gasteiger partial charge in [-0.2, -0.15) is 0 Å². The number of benzene rings is 2. The van der Waals surface area contributed by atoms with Gasteiger partial charge in [0, 0.05) is 5.56 Å². The molecule has 1 aliphatic heterocycles. The molecule has 3 aromatic rings. The van der Waals surface area contributed by atoms with Crippen LogP contribution in [-0.2, 0) is 5.75 Å². The van der Waals surface area contributed by atoms with E-state index in [2.05, 4.69) is 34.9 Å². The largest absolute Gasteiger partial charge is 0.496 e. The van der Waals surface area contributed by atoms with Crippen molar-refractivity contribution in [3.63, 3.8) is 0 Å². The monoisotopic (exact) mass is 282 g/mol. The van der Waals surface area contributed by atoms with E-state index in [0.717, 1.165) is 22.8 Å². The normalized spacial score (nSPS) is 17.4. The first-order valence-corrected chi connectivity index (χ1v) is 7.64. The van der Waals surface area contributed by atoms with Crippen molar-refractivity contribution in [2.24, 2.45) is 0 Å². The second kappa shape index (κ2) is 4.56. The van der Waals surface area contributed by atoms with Crippen molar-refractivity contribution in [3.05, 3.63) is 59.9 Å². The summed E-state index contributed by atoms with van der Waals surface area (Å²) in [6, 6.07) is 16.6. The topological polar surface area (TPSA) is 27.1 Å². The molecule has 0 N–H and O–H groups in total. The van der Waals surface area contributed by atoms with Gasteiger partial charge in [0.15, 0.2) is 0 Å². The Labute approximate surface area is 121 Å². The van der Waals surface area contributed by atoms with Crippen molar-refractivity contribution in [3.8, 4) is 5.75 Å². The molecule has 4 rings (SSSR count). The van der Waals surface area contributed by atoms with Crippen LogP contribution in [-0.4, -0.2) is 16.7 Å². The van der Waals surface area contributed by atoms with Gasteiger partial charge < -0.3 is 9.30 Å². The molecular weight excluding hydrogens is 268 g/mol. The summed E-state index contributed by atoms with van der Waals surface area (Å²) in [6.45, 7) is 0. The SMILES string of the molecule is COc1ccccc1C1SCc2nc3ccccc3n21. The Morgan fingerprint density at radius 1 is 1.15 bits per heavy atom. The van der Waals surface area contributed by atoms with Gasteiger partial charge in [-0.05, 0) is 18.2 Å². The van der Waals surface area contributed by atoms with Gasteiger partial charge in [-0.1, -0.05) is 30.3 Å². The summed E-state index contributed by atoms with van der Waals surface area (Å²) in [5.74, 6) is 3.03.